The van der Waals surface area contributed by atoms with Gasteiger partial charge in [0.25, 0.3) is 0 Å². The molecule has 1 aliphatic heterocycles. The van der Waals surface area contributed by atoms with Crippen molar-refractivity contribution in [1.82, 2.24) is 10.3 Å². The van der Waals surface area contributed by atoms with E-state index in [1.54, 1.807) is 6.20 Å². The predicted molar refractivity (Wildman–Crippen MR) is 95.6 cm³/mol. The number of nitrogens with one attached hydrogen (secondary N) is 2. The van der Waals surface area contributed by atoms with Gasteiger partial charge in [0.1, 0.15) is 5.82 Å². The van der Waals surface area contributed by atoms with Crippen LogP contribution in [0.1, 0.15) is 20.3 Å². The van der Waals surface area contributed by atoms with Gasteiger partial charge in [-0.25, -0.2) is 9.78 Å². The first-order valence-corrected chi connectivity index (χ1v) is 9.01. The SMILES string of the molecule is CCO[C@@]1(C)C[C@H]1NC(=O)Nc1cnc(N2CCOCC2)c(Br)c1. The van der Waals surface area contributed by atoms with E-state index in [4.69, 9.17) is 9.47 Å². The molecule has 1 aliphatic carbocycles. The zero-order valence-corrected chi connectivity index (χ0v) is 15.6. The van der Waals surface area contributed by atoms with Gasteiger partial charge in [-0.05, 0) is 35.8 Å². The normalized spacial score (nSPS) is 26.1. The van der Waals surface area contributed by atoms with E-state index in [1.165, 1.54) is 0 Å². The summed E-state index contributed by atoms with van der Waals surface area (Å²) in [6, 6.07) is 1.68. The Kier molecular flexibility index (Phi) is 5.27. The van der Waals surface area contributed by atoms with Gasteiger partial charge >= 0.3 is 6.03 Å². The van der Waals surface area contributed by atoms with Crippen molar-refractivity contribution < 1.29 is 14.3 Å². The van der Waals surface area contributed by atoms with Gasteiger partial charge in [-0.3, -0.25) is 0 Å². The first kappa shape index (κ1) is 17.4. The molecule has 1 aromatic rings. The number of pyridine rings is 1. The van der Waals surface area contributed by atoms with Crippen LogP contribution in [0.4, 0.5) is 16.3 Å². The highest BCUT2D eigenvalue weighted by atomic mass is 79.9. The molecule has 2 aliphatic rings. The molecule has 1 aromatic heterocycles. The molecule has 0 spiro atoms. The standard InChI is InChI=1S/C16H23BrN4O3/c1-3-24-16(2)9-13(16)20-15(22)19-11-8-12(17)14(18-10-11)21-4-6-23-7-5-21/h8,10,13H,3-7,9H2,1-2H3,(H2,19,20,22)/t13-,16+/m1/s1. The fourth-order valence-electron chi connectivity index (χ4n) is 2.87. The van der Waals surface area contributed by atoms with Gasteiger partial charge in [0.15, 0.2) is 0 Å². The highest BCUT2D eigenvalue weighted by molar-refractivity contribution is 9.10. The maximum absolute atomic E-state index is 12.1. The van der Waals surface area contributed by atoms with E-state index in [0.29, 0.717) is 25.5 Å². The number of anilines is 2. The molecule has 0 radical (unpaired) electrons. The summed E-state index contributed by atoms with van der Waals surface area (Å²) >= 11 is 3.54. The molecule has 132 valence electrons. The van der Waals surface area contributed by atoms with E-state index in [0.717, 1.165) is 29.8 Å². The van der Waals surface area contributed by atoms with Gasteiger partial charge in [-0.2, -0.15) is 0 Å². The molecule has 8 heteroatoms. The van der Waals surface area contributed by atoms with E-state index < -0.39 is 0 Å². The van der Waals surface area contributed by atoms with Crippen LogP contribution in [0, 0.1) is 0 Å². The number of amides is 2. The second-order valence-electron chi connectivity index (χ2n) is 6.23. The molecule has 0 bridgehead atoms. The Balaban J connectivity index is 1.56. The van der Waals surface area contributed by atoms with Crippen molar-refractivity contribution in [2.75, 3.05) is 43.1 Å². The molecular weight excluding hydrogens is 376 g/mol. The summed E-state index contributed by atoms with van der Waals surface area (Å²) in [7, 11) is 0. The lowest BCUT2D eigenvalue weighted by atomic mass is 10.3. The number of carbonyl (C=O) groups excluding carboxylic acids is 1. The van der Waals surface area contributed by atoms with Crippen molar-refractivity contribution in [3.8, 4) is 0 Å². The number of ether oxygens (including phenoxy) is 2. The predicted octanol–water partition coefficient (Wildman–Crippen LogP) is 2.37. The Morgan fingerprint density at radius 2 is 2.29 bits per heavy atom. The van der Waals surface area contributed by atoms with Crippen molar-refractivity contribution in [3.05, 3.63) is 16.7 Å². The molecular formula is C16H23BrN4O3. The van der Waals surface area contributed by atoms with Crippen LogP contribution < -0.4 is 15.5 Å². The van der Waals surface area contributed by atoms with Crippen molar-refractivity contribution in [2.45, 2.75) is 31.9 Å². The number of aromatic nitrogens is 1. The van der Waals surface area contributed by atoms with E-state index in [2.05, 4.69) is 36.4 Å². The minimum atomic E-state index is -0.240. The van der Waals surface area contributed by atoms with Crippen molar-refractivity contribution >= 4 is 33.5 Å². The molecule has 1 saturated carbocycles. The number of carbonyl (C=O) groups is 1. The summed E-state index contributed by atoms with van der Waals surface area (Å²) in [5.41, 5.74) is 0.417. The summed E-state index contributed by atoms with van der Waals surface area (Å²) < 4.78 is 11.8. The van der Waals surface area contributed by atoms with Crippen LogP contribution in [0.25, 0.3) is 0 Å². The molecule has 7 nitrogen and oxygen atoms in total. The zero-order valence-electron chi connectivity index (χ0n) is 14.0. The van der Waals surface area contributed by atoms with Gasteiger partial charge in [0.05, 0.1) is 41.2 Å². The van der Waals surface area contributed by atoms with E-state index in [9.17, 15) is 4.79 Å². The minimum absolute atomic E-state index is 0.0569. The van der Waals surface area contributed by atoms with Crippen molar-refractivity contribution in [3.63, 3.8) is 0 Å². The number of hydrogen-bond donors (Lipinski definition) is 2. The van der Waals surface area contributed by atoms with Crippen LogP contribution in [-0.4, -0.2) is 55.6 Å². The van der Waals surface area contributed by atoms with Gasteiger partial charge in [0, 0.05) is 26.1 Å². The molecule has 2 amide bonds. The second-order valence-corrected chi connectivity index (χ2v) is 7.08. The Labute approximate surface area is 150 Å². The lowest BCUT2D eigenvalue weighted by Crippen LogP contribution is -2.37. The molecule has 0 unspecified atom stereocenters. The number of nitrogens with zero attached hydrogens (tertiary/aromatic N) is 2. The third-order valence-corrected chi connectivity index (χ3v) is 4.94. The van der Waals surface area contributed by atoms with Crippen molar-refractivity contribution in [1.29, 1.82) is 0 Å². The average Bonchev–Trinajstić information content (AvgIpc) is 3.17. The highest BCUT2D eigenvalue weighted by Crippen LogP contribution is 2.39. The molecule has 2 N–H and O–H groups in total. The first-order chi connectivity index (χ1) is 11.5. The van der Waals surface area contributed by atoms with E-state index >= 15 is 0 Å². The van der Waals surface area contributed by atoms with Crippen molar-refractivity contribution in [2.24, 2.45) is 0 Å². The first-order valence-electron chi connectivity index (χ1n) is 8.21. The van der Waals surface area contributed by atoms with E-state index in [-0.39, 0.29) is 17.7 Å². The third kappa shape index (κ3) is 3.99. The van der Waals surface area contributed by atoms with Crippen LogP contribution in [-0.2, 0) is 9.47 Å². The van der Waals surface area contributed by atoms with E-state index in [1.807, 2.05) is 19.9 Å². The molecule has 2 atom stereocenters. The molecule has 2 fully saturated rings. The summed E-state index contributed by atoms with van der Waals surface area (Å²) in [6.45, 7) is 7.66. The van der Waals surface area contributed by atoms with Gasteiger partial charge < -0.3 is 25.0 Å². The van der Waals surface area contributed by atoms with Gasteiger partial charge in [-0.1, -0.05) is 0 Å². The topological polar surface area (TPSA) is 75.7 Å². The fraction of sp³-hybridized carbons (Fsp3) is 0.625. The number of urea groups is 1. The van der Waals surface area contributed by atoms with Crippen LogP contribution in [0.3, 0.4) is 0 Å². The number of morpholine rings is 1. The van der Waals surface area contributed by atoms with Crippen LogP contribution in [0.2, 0.25) is 0 Å². The molecule has 3 rings (SSSR count). The smallest absolute Gasteiger partial charge is 0.319 e. The molecule has 1 saturated heterocycles. The quantitative estimate of drug-likeness (QED) is 0.795. The maximum Gasteiger partial charge on any atom is 0.319 e. The zero-order chi connectivity index (χ0) is 17.2. The van der Waals surface area contributed by atoms with Crippen LogP contribution in [0.5, 0.6) is 0 Å². The Morgan fingerprint density at radius 3 is 2.96 bits per heavy atom. The highest BCUT2D eigenvalue weighted by Gasteiger charge is 2.52. The van der Waals surface area contributed by atoms with Gasteiger partial charge in [-0.15, -0.1) is 0 Å². The summed E-state index contributed by atoms with van der Waals surface area (Å²) in [6.07, 6.45) is 2.51. The molecule has 24 heavy (non-hydrogen) atoms. The second kappa shape index (κ2) is 7.25. The summed E-state index contributed by atoms with van der Waals surface area (Å²) in [5.74, 6) is 0.871. The summed E-state index contributed by atoms with van der Waals surface area (Å²) in [5, 5.41) is 5.75. The third-order valence-electron chi connectivity index (χ3n) is 4.36. The largest absolute Gasteiger partial charge is 0.378 e. The van der Waals surface area contributed by atoms with Crippen LogP contribution in [0.15, 0.2) is 16.7 Å². The number of halogens is 1. The maximum atomic E-state index is 12.1. The minimum Gasteiger partial charge on any atom is -0.378 e. The Bertz CT molecular complexity index is 609. The lowest BCUT2D eigenvalue weighted by molar-refractivity contribution is 0.0494. The Morgan fingerprint density at radius 1 is 1.54 bits per heavy atom. The fourth-order valence-corrected chi connectivity index (χ4v) is 3.47. The lowest BCUT2D eigenvalue weighted by Gasteiger charge is -2.28. The van der Waals surface area contributed by atoms with Crippen LogP contribution >= 0.6 is 15.9 Å². The number of hydrogen-bond acceptors (Lipinski definition) is 5. The average molecular weight is 399 g/mol. The molecule has 0 aromatic carbocycles. The number of rotatable bonds is 5. The monoisotopic (exact) mass is 398 g/mol. The Hall–Kier alpha value is -1.38. The van der Waals surface area contributed by atoms with Gasteiger partial charge in [0.2, 0.25) is 0 Å². The molecule has 2 heterocycles. The summed E-state index contributed by atoms with van der Waals surface area (Å²) in [4.78, 5) is 18.7.